The van der Waals surface area contributed by atoms with E-state index in [0.29, 0.717) is 12.4 Å². The molecule has 1 aromatic heterocycles. The molecule has 0 saturated heterocycles. The second kappa shape index (κ2) is 7.24. The molecule has 0 saturated carbocycles. The van der Waals surface area contributed by atoms with Crippen LogP contribution in [0.15, 0.2) is 11.4 Å². The summed E-state index contributed by atoms with van der Waals surface area (Å²) >= 11 is 1.17. The van der Waals surface area contributed by atoms with Gasteiger partial charge in [-0.1, -0.05) is 6.42 Å². The summed E-state index contributed by atoms with van der Waals surface area (Å²) in [6.07, 6.45) is 3.68. The SMILES string of the molecule is O=C(O)c1sccc1OCCCCCCO. The summed E-state index contributed by atoms with van der Waals surface area (Å²) in [4.78, 5) is 11.0. The van der Waals surface area contributed by atoms with E-state index < -0.39 is 5.97 Å². The Morgan fingerprint density at radius 1 is 1.31 bits per heavy atom. The quantitative estimate of drug-likeness (QED) is 0.689. The molecule has 0 aromatic carbocycles. The molecular weight excluding hydrogens is 228 g/mol. The Hall–Kier alpha value is -1.07. The van der Waals surface area contributed by atoms with Crippen LogP contribution in [0.5, 0.6) is 5.75 Å². The molecule has 1 aromatic rings. The monoisotopic (exact) mass is 244 g/mol. The topological polar surface area (TPSA) is 66.8 Å². The van der Waals surface area contributed by atoms with E-state index in [1.165, 1.54) is 11.3 Å². The molecule has 90 valence electrons. The smallest absolute Gasteiger partial charge is 0.349 e. The van der Waals surface area contributed by atoms with Gasteiger partial charge in [-0.2, -0.15) is 0 Å². The predicted octanol–water partition coefficient (Wildman–Crippen LogP) is 2.38. The average Bonchev–Trinajstić information content (AvgIpc) is 2.71. The number of aromatic carboxylic acids is 1. The number of hydrogen-bond acceptors (Lipinski definition) is 4. The molecule has 0 radical (unpaired) electrons. The largest absolute Gasteiger partial charge is 0.492 e. The summed E-state index contributed by atoms with van der Waals surface area (Å²) in [5, 5.41) is 19.1. The molecule has 1 heterocycles. The van der Waals surface area contributed by atoms with Crippen LogP contribution in [0.1, 0.15) is 35.4 Å². The summed E-state index contributed by atoms with van der Waals surface area (Å²) in [6, 6.07) is 1.68. The fourth-order valence-electron chi connectivity index (χ4n) is 1.32. The maximum atomic E-state index is 10.8. The number of hydrogen-bond donors (Lipinski definition) is 2. The molecule has 0 aliphatic carbocycles. The number of carboxylic acid groups (broad SMARTS) is 1. The normalized spacial score (nSPS) is 10.3. The first-order valence-electron chi connectivity index (χ1n) is 5.30. The number of thiophene rings is 1. The van der Waals surface area contributed by atoms with Crippen molar-refractivity contribution in [3.05, 3.63) is 16.3 Å². The number of ether oxygens (including phenoxy) is 1. The molecule has 0 unspecified atom stereocenters. The van der Waals surface area contributed by atoms with E-state index in [-0.39, 0.29) is 11.5 Å². The number of rotatable bonds is 8. The van der Waals surface area contributed by atoms with Gasteiger partial charge in [0.1, 0.15) is 5.75 Å². The molecule has 1 rings (SSSR count). The molecule has 4 nitrogen and oxygen atoms in total. The van der Waals surface area contributed by atoms with Crippen LogP contribution in [0.3, 0.4) is 0 Å². The minimum atomic E-state index is -0.940. The lowest BCUT2D eigenvalue weighted by Crippen LogP contribution is -2.01. The van der Waals surface area contributed by atoms with Gasteiger partial charge in [0.15, 0.2) is 4.88 Å². The van der Waals surface area contributed by atoms with Crippen LogP contribution in [0, 0.1) is 0 Å². The first-order valence-corrected chi connectivity index (χ1v) is 6.18. The van der Waals surface area contributed by atoms with Gasteiger partial charge in [0.2, 0.25) is 0 Å². The van der Waals surface area contributed by atoms with Gasteiger partial charge in [0, 0.05) is 6.61 Å². The van der Waals surface area contributed by atoms with Gasteiger partial charge in [-0.25, -0.2) is 4.79 Å². The average molecular weight is 244 g/mol. The van der Waals surface area contributed by atoms with Crippen LogP contribution in [-0.2, 0) is 0 Å². The summed E-state index contributed by atoms with van der Waals surface area (Å²) in [5.74, 6) is -0.482. The van der Waals surface area contributed by atoms with Crippen LogP contribution in [0.4, 0.5) is 0 Å². The fourth-order valence-corrected chi connectivity index (χ4v) is 1.99. The summed E-state index contributed by atoms with van der Waals surface area (Å²) in [6.45, 7) is 0.761. The number of carboxylic acids is 1. The second-order valence-corrected chi connectivity index (χ2v) is 4.32. The van der Waals surface area contributed by atoms with Crippen molar-refractivity contribution in [1.82, 2.24) is 0 Å². The van der Waals surface area contributed by atoms with Gasteiger partial charge in [-0.3, -0.25) is 0 Å². The van der Waals surface area contributed by atoms with E-state index in [1.807, 2.05) is 0 Å². The van der Waals surface area contributed by atoms with Crippen molar-refractivity contribution in [3.8, 4) is 5.75 Å². The number of aliphatic hydroxyl groups is 1. The standard InChI is InChI=1S/C11H16O4S/c12-6-3-1-2-4-7-15-9-5-8-16-10(9)11(13)14/h5,8,12H,1-4,6-7H2,(H,13,14). The molecule has 16 heavy (non-hydrogen) atoms. The zero-order valence-corrected chi connectivity index (χ0v) is 9.83. The molecular formula is C11H16O4S. The van der Waals surface area contributed by atoms with E-state index in [1.54, 1.807) is 11.4 Å². The van der Waals surface area contributed by atoms with Gasteiger partial charge >= 0.3 is 5.97 Å². The van der Waals surface area contributed by atoms with Crippen LogP contribution in [0.2, 0.25) is 0 Å². The highest BCUT2D eigenvalue weighted by Crippen LogP contribution is 2.24. The zero-order valence-electron chi connectivity index (χ0n) is 9.02. The molecule has 0 aliphatic rings. The Morgan fingerprint density at radius 3 is 2.75 bits per heavy atom. The predicted molar refractivity (Wildman–Crippen MR) is 62.3 cm³/mol. The molecule has 0 fully saturated rings. The summed E-state index contributed by atoms with van der Waals surface area (Å²) in [5.41, 5.74) is 0. The molecule has 0 aliphatic heterocycles. The highest BCUT2D eigenvalue weighted by Gasteiger charge is 2.12. The van der Waals surface area contributed by atoms with Crippen molar-refractivity contribution < 1.29 is 19.7 Å². The number of aliphatic hydroxyl groups excluding tert-OH is 1. The molecule has 0 atom stereocenters. The minimum Gasteiger partial charge on any atom is -0.492 e. The highest BCUT2D eigenvalue weighted by molar-refractivity contribution is 7.12. The van der Waals surface area contributed by atoms with Gasteiger partial charge < -0.3 is 14.9 Å². The van der Waals surface area contributed by atoms with Crippen LogP contribution >= 0.6 is 11.3 Å². The van der Waals surface area contributed by atoms with Gasteiger partial charge in [0.25, 0.3) is 0 Å². The van der Waals surface area contributed by atoms with Crippen LogP contribution in [0.25, 0.3) is 0 Å². The van der Waals surface area contributed by atoms with Crippen molar-refractivity contribution in [2.45, 2.75) is 25.7 Å². The maximum absolute atomic E-state index is 10.8. The lowest BCUT2D eigenvalue weighted by atomic mass is 10.2. The molecule has 0 spiro atoms. The third-order valence-electron chi connectivity index (χ3n) is 2.13. The number of unbranched alkanes of at least 4 members (excludes halogenated alkanes) is 3. The van der Waals surface area contributed by atoms with E-state index in [2.05, 4.69) is 0 Å². The van der Waals surface area contributed by atoms with Gasteiger partial charge in [-0.15, -0.1) is 11.3 Å². The number of carbonyl (C=O) groups is 1. The minimum absolute atomic E-state index is 0.231. The lowest BCUT2D eigenvalue weighted by molar-refractivity contribution is 0.0698. The van der Waals surface area contributed by atoms with Crippen molar-refractivity contribution in [2.75, 3.05) is 13.2 Å². The highest BCUT2D eigenvalue weighted by atomic mass is 32.1. The third-order valence-corrected chi connectivity index (χ3v) is 3.02. The van der Waals surface area contributed by atoms with E-state index in [9.17, 15) is 4.79 Å². The van der Waals surface area contributed by atoms with Crippen LogP contribution in [-0.4, -0.2) is 29.4 Å². The lowest BCUT2D eigenvalue weighted by Gasteiger charge is -2.04. The molecule has 5 heteroatoms. The maximum Gasteiger partial charge on any atom is 0.349 e. The Morgan fingerprint density at radius 2 is 2.06 bits per heavy atom. The van der Waals surface area contributed by atoms with Gasteiger partial charge in [0.05, 0.1) is 6.61 Å². The van der Waals surface area contributed by atoms with E-state index in [4.69, 9.17) is 14.9 Å². The Labute approximate surface area is 98.5 Å². The third kappa shape index (κ3) is 4.20. The van der Waals surface area contributed by atoms with Crippen molar-refractivity contribution >= 4 is 17.3 Å². The molecule has 0 amide bonds. The van der Waals surface area contributed by atoms with Crippen molar-refractivity contribution in [3.63, 3.8) is 0 Å². The zero-order chi connectivity index (χ0) is 11.8. The first kappa shape index (κ1) is 13.0. The Kier molecular flexibility index (Phi) is 5.88. The van der Waals surface area contributed by atoms with Gasteiger partial charge in [-0.05, 0) is 30.7 Å². The fraction of sp³-hybridized carbons (Fsp3) is 0.545. The molecule has 2 N–H and O–H groups in total. The summed E-state index contributed by atoms with van der Waals surface area (Å²) < 4.78 is 5.39. The summed E-state index contributed by atoms with van der Waals surface area (Å²) in [7, 11) is 0. The van der Waals surface area contributed by atoms with Crippen molar-refractivity contribution in [2.24, 2.45) is 0 Å². The Balaban J connectivity index is 2.21. The van der Waals surface area contributed by atoms with Crippen LogP contribution < -0.4 is 4.74 Å². The first-order chi connectivity index (χ1) is 7.75. The second-order valence-electron chi connectivity index (χ2n) is 3.41. The van der Waals surface area contributed by atoms with E-state index >= 15 is 0 Å². The molecule has 0 bridgehead atoms. The van der Waals surface area contributed by atoms with E-state index in [0.717, 1.165) is 25.7 Å². The Bertz CT molecular complexity index is 322. The van der Waals surface area contributed by atoms with Crippen molar-refractivity contribution in [1.29, 1.82) is 0 Å².